The molecule has 0 spiro atoms. The molecule has 6 heteroatoms. The average molecular weight is 371 g/mol. The van der Waals surface area contributed by atoms with E-state index in [1.54, 1.807) is 18.2 Å². The predicted octanol–water partition coefficient (Wildman–Crippen LogP) is 3.27. The van der Waals surface area contributed by atoms with Crippen molar-refractivity contribution in [3.63, 3.8) is 0 Å². The number of aryl methyl sites for hydroxylation is 1. The Labute approximate surface area is 159 Å². The van der Waals surface area contributed by atoms with Crippen molar-refractivity contribution in [2.75, 3.05) is 19.8 Å². The van der Waals surface area contributed by atoms with E-state index < -0.39 is 5.97 Å². The van der Waals surface area contributed by atoms with E-state index in [0.717, 1.165) is 11.1 Å². The first-order chi connectivity index (χ1) is 13.0. The van der Waals surface area contributed by atoms with Gasteiger partial charge in [0.05, 0.1) is 13.2 Å². The van der Waals surface area contributed by atoms with Crippen molar-refractivity contribution in [1.82, 2.24) is 5.32 Å². The molecule has 0 radical (unpaired) electrons. The minimum Gasteiger partial charge on any atom is -0.490 e. The molecule has 2 aromatic carbocycles. The van der Waals surface area contributed by atoms with E-state index in [2.05, 4.69) is 5.32 Å². The van der Waals surface area contributed by atoms with Crippen LogP contribution in [0.5, 0.6) is 11.5 Å². The van der Waals surface area contributed by atoms with Crippen LogP contribution in [0.2, 0.25) is 0 Å². The van der Waals surface area contributed by atoms with E-state index in [9.17, 15) is 9.59 Å². The third-order valence-electron chi connectivity index (χ3n) is 3.85. The van der Waals surface area contributed by atoms with E-state index in [1.807, 2.05) is 45.0 Å². The lowest BCUT2D eigenvalue weighted by Gasteiger charge is -2.12. The first-order valence-corrected chi connectivity index (χ1v) is 8.93. The second kappa shape index (κ2) is 10.2. The Morgan fingerprint density at radius 1 is 0.963 bits per heavy atom. The average Bonchev–Trinajstić information content (AvgIpc) is 2.67. The highest BCUT2D eigenvalue weighted by atomic mass is 16.5. The number of ether oxygens (including phenoxy) is 3. The van der Waals surface area contributed by atoms with Gasteiger partial charge in [0.25, 0.3) is 5.91 Å². The number of benzene rings is 2. The lowest BCUT2D eigenvalue weighted by molar-refractivity contribution is -0.143. The molecule has 0 aliphatic carbocycles. The van der Waals surface area contributed by atoms with E-state index in [4.69, 9.17) is 14.2 Å². The van der Waals surface area contributed by atoms with Gasteiger partial charge in [-0.15, -0.1) is 0 Å². The second-order valence-corrected chi connectivity index (χ2v) is 5.80. The Morgan fingerprint density at radius 3 is 2.37 bits per heavy atom. The number of hydrogen-bond donors (Lipinski definition) is 1. The Morgan fingerprint density at radius 2 is 1.67 bits per heavy atom. The molecule has 0 aromatic heterocycles. The number of nitrogens with one attached hydrogen (secondary N) is 1. The number of carbonyl (C=O) groups is 2. The molecule has 144 valence electrons. The zero-order valence-corrected chi connectivity index (χ0v) is 15.9. The van der Waals surface area contributed by atoms with Crippen molar-refractivity contribution >= 4 is 11.9 Å². The zero-order valence-electron chi connectivity index (χ0n) is 15.9. The molecule has 0 aliphatic rings. The summed E-state index contributed by atoms with van der Waals surface area (Å²) in [5.74, 6) is 0.192. The van der Waals surface area contributed by atoms with Crippen LogP contribution in [0.25, 0.3) is 0 Å². The van der Waals surface area contributed by atoms with Crippen molar-refractivity contribution in [1.29, 1.82) is 0 Å². The van der Waals surface area contributed by atoms with Crippen LogP contribution in [0.4, 0.5) is 0 Å². The highest BCUT2D eigenvalue weighted by molar-refractivity contribution is 5.96. The monoisotopic (exact) mass is 371 g/mol. The molecule has 0 fully saturated rings. The fourth-order valence-corrected chi connectivity index (χ4v) is 2.43. The van der Waals surface area contributed by atoms with Gasteiger partial charge in [-0.05, 0) is 50.1 Å². The summed E-state index contributed by atoms with van der Waals surface area (Å²) in [5, 5.41) is 2.56. The summed E-state index contributed by atoms with van der Waals surface area (Å²) in [6.07, 6.45) is 0. The maximum Gasteiger partial charge on any atom is 0.325 e. The molecular weight excluding hydrogens is 346 g/mol. The predicted molar refractivity (Wildman–Crippen MR) is 102 cm³/mol. The minimum atomic E-state index is -0.498. The smallest absolute Gasteiger partial charge is 0.325 e. The lowest BCUT2D eigenvalue weighted by Crippen LogP contribution is -2.30. The van der Waals surface area contributed by atoms with Crippen LogP contribution in [0, 0.1) is 6.92 Å². The number of hydrogen-bond acceptors (Lipinski definition) is 5. The van der Waals surface area contributed by atoms with Crippen LogP contribution in [0.3, 0.4) is 0 Å². The van der Waals surface area contributed by atoms with E-state index in [1.165, 1.54) is 0 Å². The standard InChI is InChI=1S/C21H25NO5/c1-4-25-18-11-10-16(12-19(18)26-5-2)21(24)22-13-20(23)27-14-17-9-7-6-8-15(17)3/h6-12H,4-5,13-14H2,1-3H3,(H,22,24). The molecule has 0 saturated heterocycles. The second-order valence-electron chi connectivity index (χ2n) is 5.80. The Kier molecular flexibility index (Phi) is 7.67. The SMILES string of the molecule is CCOc1ccc(C(=O)NCC(=O)OCc2ccccc2C)cc1OCC. The van der Waals surface area contributed by atoms with Crippen molar-refractivity contribution in [3.8, 4) is 11.5 Å². The summed E-state index contributed by atoms with van der Waals surface area (Å²) in [6, 6.07) is 12.6. The summed E-state index contributed by atoms with van der Waals surface area (Å²) in [6.45, 7) is 6.61. The Hall–Kier alpha value is -3.02. The van der Waals surface area contributed by atoms with Gasteiger partial charge in [-0.25, -0.2) is 0 Å². The van der Waals surface area contributed by atoms with Crippen LogP contribution >= 0.6 is 0 Å². The third-order valence-corrected chi connectivity index (χ3v) is 3.85. The molecule has 0 aliphatic heterocycles. The minimum absolute atomic E-state index is 0.179. The summed E-state index contributed by atoms with van der Waals surface area (Å²) >= 11 is 0. The van der Waals surface area contributed by atoms with Gasteiger partial charge in [0.15, 0.2) is 11.5 Å². The van der Waals surface area contributed by atoms with Crippen LogP contribution < -0.4 is 14.8 Å². The van der Waals surface area contributed by atoms with Gasteiger partial charge >= 0.3 is 5.97 Å². The fraction of sp³-hybridized carbons (Fsp3) is 0.333. The number of amides is 1. The summed E-state index contributed by atoms with van der Waals surface area (Å²) in [4.78, 5) is 24.2. The summed E-state index contributed by atoms with van der Waals surface area (Å²) in [7, 11) is 0. The van der Waals surface area contributed by atoms with Crippen LogP contribution in [-0.4, -0.2) is 31.6 Å². The largest absolute Gasteiger partial charge is 0.490 e. The lowest BCUT2D eigenvalue weighted by atomic mass is 10.1. The van der Waals surface area contributed by atoms with Crippen molar-refractivity contribution in [2.24, 2.45) is 0 Å². The number of carbonyl (C=O) groups excluding carboxylic acids is 2. The maximum absolute atomic E-state index is 12.3. The molecule has 2 rings (SSSR count). The van der Waals surface area contributed by atoms with Gasteiger partial charge in [0.1, 0.15) is 13.2 Å². The number of rotatable bonds is 9. The molecule has 0 heterocycles. The molecule has 1 N–H and O–H groups in total. The van der Waals surface area contributed by atoms with Gasteiger partial charge < -0.3 is 19.5 Å². The molecule has 0 saturated carbocycles. The van der Waals surface area contributed by atoms with Crippen LogP contribution in [0.1, 0.15) is 35.3 Å². The zero-order chi connectivity index (χ0) is 19.6. The van der Waals surface area contributed by atoms with Gasteiger partial charge in [-0.1, -0.05) is 24.3 Å². The Balaban J connectivity index is 1.90. The van der Waals surface area contributed by atoms with Gasteiger partial charge in [0, 0.05) is 5.56 Å². The molecule has 27 heavy (non-hydrogen) atoms. The van der Waals surface area contributed by atoms with Gasteiger partial charge in [-0.3, -0.25) is 9.59 Å². The number of esters is 1. The maximum atomic E-state index is 12.3. The third kappa shape index (κ3) is 6.02. The fourth-order valence-electron chi connectivity index (χ4n) is 2.43. The molecule has 0 unspecified atom stereocenters. The molecular formula is C21H25NO5. The van der Waals surface area contributed by atoms with E-state index >= 15 is 0 Å². The Bertz CT molecular complexity index is 788. The highest BCUT2D eigenvalue weighted by Crippen LogP contribution is 2.28. The molecule has 0 atom stereocenters. The van der Waals surface area contributed by atoms with Crippen LogP contribution in [0.15, 0.2) is 42.5 Å². The van der Waals surface area contributed by atoms with Crippen molar-refractivity contribution in [3.05, 3.63) is 59.2 Å². The first-order valence-electron chi connectivity index (χ1n) is 8.93. The molecule has 1 amide bonds. The van der Waals surface area contributed by atoms with Crippen molar-refractivity contribution in [2.45, 2.75) is 27.4 Å². The van der Waals surface area contributed by atoms with Gasteiger partial charge in [0.2, 0.25) is 0 Å². The van der Waals surface area contributed by atoms with Crippen LogP contribution in [-0.2, 0) is 16.1 Å². The van der Waals surface area contributed by atoms with E-state index in [-0.39, 0.29) is 19.1 Å². The topological polar surface area (TPSA) is 73.9 Å². The van der Waals surface area contributed by atoms with Crippen molar-refractivity contribution < 1.29 is 23.8 Å². The van der Waals surface area contributed by atoms with E-state index in [0.29, 0.717) is 30.3 Å². The quantitative estimate of drug-likeness (QED) is 0.685. The first kappa shape index (κ1) is 20.3. The molecule has 2 aromatic rings. The normalized spacial score (nSPS) is 10.2. The molecule has 0 bridgehead atoms. The summed E-state index contributed by atoms with van der Waals surface area (Å²) in [5.41, 5.74) is 2.37. The summed E-state index contributed by atoms with van der Waals surface area (Å²) < 4.78 is 16.2. The van der Waals surface area contributed by atoms with Gasteiger partial charge in [-0.2, -0.15) is 0 Å². The highest BCUT2D eigenvalue weighted by Gasteiger charge is 2.13. The molecule has 6 nitrogen and oxygen atoms in total.